The Morgan fingerprint density at radius 2 is 2.12 bits per heavy atom. The van der Waals surface area contributed by atoms with Gasteiger partial charge < -0.3 is 14.4 Å². The Kier molecular flexibility index (Phi) is 6.57. The third-order valence-corrected chi connectivity index (χ3v) is 4.06. The van der Waals surface area contributed by atoms with Gasteiger partial charge in [0.2, 0.25) is 5.91 Å². The van der Waals surface area contributed by atoms with E-state index in [1.54, 1.807) is 25.3 Å². The topological polar surface area (TPSA) is 38.8 Å². The minimum absolute atomic E-state index is 0.320. The number of allylic oxidation sites excluding steroid dienone is 1. The van der Waals surface area contributed by atoms with Gasteiger partial charge in [0, 0.05) is 18.4 Å². The van der Waals surface area contributed by atoms with E-state index in [1.807, 2.05) is 13.0 Å². The van der Waals surface area contributed by atoms with Crippen molar-refractivity contribution in [2.75, 3.05) is 26.9 Å². The van der Waals surface area contributed by atoms with E-state index in [1.165, 1.54) is 0 Å². The summed E-state index contributed by atoms with van der Waals surface area (Å²) >= 11 is 5.92. The molecule has 1 aliphatic heterocycles. The average molecular weight is 360 g/mol. The molecule has 0 spiro atoms. The van der Waals surface area contributed by atoms with Crippen molar-refractivity contribution in [1.29, 1.82) is 0 Å². The van der Waals surface area contributed by atoms with E-state index >= 15 is 0 Å². The quantitative estimate of drug-likeness (QED) is 0.553. The predicted molar refractivity (Wildman–Crippen MR) is 88.5 cm³/mol. The van der Waals surface area contributed by atoms with E-state index in [0.717, 1.165) is 10.5 Å². The second kappa shape index (κ2) is 8.44. The number of halogens is 3. The van der Waals surface area contributed by atoms with E-state index in [2.05, 4.69) is 0 Å². The largest absolute Gasteiger partial charge is 0.491 e. The monoisotopic (exact) mass is 359 g/mol. The van der Waals surface area contributed by atoms with E-state index in [-0.39, 0.29) is 0 Å². The highest BCUT2D eigenvalue weighted by Gasteiger charge is 2.32. The van der Waals surface area contributed by atoms with Crippen LogP contribution in [0.25, 0.3) is 5.70 Å². The fourth-order valence-electron chi connectivity index (χ4n) is 2.55. The highest BCUT2D eigenvalue weighted by Crippen LogP contribution is 2.32. The summed E-state index contributed by atoms with van der Waals surface area (Å²) in [7, 11) is 1.59. The van der Waals surface area contributed by atoms with Crippen LogP contribution < -0.4 is 4.74 Å². The number of alkyl halides is 3. The van der Waals surface area contributed by atoms with Crippen molar-refractivity contribution in [3.05, 3.63) is 35.4 Å². The van der Waals surface area contributed by atoms with Gasteiger partial charge in [0.1, 0.15) is 17.7 Å². The maximum absolute atomic E-state index is 12.9. The summed E-state index contributed by atoms with van der Waals surface area (Å²) in [5.41, 5.74) is 2.01. The smallest absolute Gasteiger partial charge is 0.256 e. The molecule has 1 aromatic carbocycles. The molecule has 2 rings (SSSR count). The molecule has 0 fully saturated rings. The number of nitrogens with zero attached hydrogens (tertiary/aromatic N) is 1. The van der Waals surface area contributed by atoms with Crippen LogP contribution in [0.5, 0.6) is 5.75 Å². The Labute approximate surface area is 145 Å². The number of hydrogen-bond donors (Lipinski definition) is 0. The fraction of sp³-hybridized carbons (Fsp3) is 0.471. The molecule has 4 nitrogen and oxygen atoms in total. The number of ether oxygens (including phenoxy) is 2. The molecular formula is C17H20ClF2NO3. The van der Waals surface area contributed by atoms with Gasteiger partial charge in [0.15, 0.2) is 0 Å². The van der Waals surface area contributed by atoms with Gasteiger partial charge in [0.05, 0.1) is 13.2 Å². The molecule has 0 N–H and O–H groups in total. The lowest BCUT2D eigenvalue weighted by Gasteiger charge is -2.31. The molecule has 1 aliphatic rings. The molecular weight excluding hydrogens is 340 g/mol. The number of rotatable bonds is 7. The third kappa shape index (κ3) is 4.45. The van der Waals surface area contributed by atoms with E-state index < -0.39 is 24.3 Å². The van der Waals surface area contributed by atoms with Crippen LogP contribution in [0, 0.1) is 6.92 Å². The van der Waals surface area contributed by atoms with Gasteiger partial charge in [-0.15, -0.1) is 11.6 Å². The molecule has 0 aromatic heterocycles. The highest BCUT2D eigenvalue weighted by atomic mass is 35.5. The van der Waals surface area contributed by atoms with Crippen molar-refractivity contribution in [3.8, 4) is 5.75 Å². The van der Waals surface area contributed by atoms with Gasteiger partial charge in [-0.3, -0.25) is 4.79 Å². The number of carbonyl (C=O) groups is 1. The van der Waals surface area contributed by atoms with Gasteiger partial charge in [-0.05, 0) is 37.1 Å². The van der Waals surface area contributed by atoms with Crippen LogP contribution in [-0.2, 0) is 9.53 Å². The summed E-state index contributed by atoms with van der Waals surface area (Å²) in [6.45, 7) is 2.07. The maximum Gasteiger partial charge on any atom is 0.256 e. The molecule has 0 aliphatic carbocycles. The molecule has 0 saturated heterocycles. The molecule has 0 bridgehead atoms. The number of aryl methyl sites for hydroxylation is 1. The summed E-state index contributed by atoms with van der Waals surface area (Å²) in [5, 5.41) is -0.801. The molecule has 24 heavy (non-hydrogen) atoms. The Hall–Kier alpha value is -1.66. The predicted octanol–water partition coefficient (Wildman–Crippen LogP) is 3.47. The normalized spacial score (nSPS) is 18.1. The average Bonchev–Trinajstić information content (AvgIpc) is 2.53. The van der Waals surface area contributed by atoms with Gasteiger partial charge in [-0.2, -0.15) is 0 Å². The fourth-order valence-corrected chi connectivity index (χ4v) is 2.76. The van der Waals surface area contributed by atoms with Crippen molar-refractivity contribution in [2.45, 2.75) is 25.1 Å². The molecule has 7 heteroatoms. The molecule has 1 heterocycles. The first-order chi connectivity index (χ1) is 11.4. The van der Waals surface area contributed by atoms with Gasteiger partial charge in [0.25, 0.3) is 6.43 Å². The molecule has 1 amide bonds. The van der Waals surface area contributed by atoms with Crippen molar-refractivity contribution >= 4 is 23.2 Å². The summed E-state index contributed by atoms with van der Waals surface area (Å²) < 4.78 is 36.2. The van der Waals surface area contributed by atoms with Crippen LogP contribution in [0.15, 0.2) is 24.3 Å². The zero-order chi connectivity index (χ0) is 17.7. The van der Waals surface area contributed by atoms with E-state index in [9.17, 15) is 13.6 Å². The summed E-state index contributed by atoms with van der Waals surface area (Å²) in [6.07, 6.45) is -0.577. The Morgan fingerprint density at radius 3 is 2.75 bits per heavy atom. The molecule has 0 radical (unpaired) electrons. The maximum atomic E-state index is 12.9. The number of hydrogen-bond acceptors (Lipinski definition) is 3. The minimum atomic E-state index is -2.63. The van der Waals surface area contributed by atoms with Crippen molar-refractivity contribution in [2.24, 2.45) is 0 Å². The zero-order valence-electron chi connectivity index (χ0n) is 13.6. The first-order valence-corrected chi connectivity index (χ1v) is 8.04. The minimum Gasteiger partial charge on any atom is -0.491 e. The second-order valence-corrected chi connectivity index (χ2v) is 5.98. The lowest BCUT2D eigenvalue weighted by molar-refractivity contribution is -0.129. The van der Waals surface area contributed by atoms with Crippen molar-refractivity contribution in [1.82, 2.24) is 4.90 Å². The van der Waals surface area contributed by atoms with Crippen LogP contribution in [0.1, 0.15) is 17.5 Å². The van der Waals surface area contributed by atoms with E-state index in [4.69, 9.17) is 21.1 Å². The van der Waals surface area contributed by atoms with E-state index in [0.29, 0.717) is 36.6 Å². The number of carbonyl (C=O) groups excluding carboxylic acids is 1. The van der Waals surface area contributed by atoms with Gasteiger partial charge in [-0.1, -0.05) is 6.08 Å². The standard InChI is InChI=1S/C17H20ClF2NO3/c1-11-9-12(24-8-7-23-2)3-4-13(11)15-6-5-14(18)17(22)21(15)10-16(19)20/h3-4,6,9,14,16H,5,7-8,10H2,1-2H3. The number of methoxy groups -OCH3 is 1. The Bertz CT molecular complexity index is 622. The van der Waals surface area contributed by atoms with Crippen LogP contribution in [0.3, 0.4) is 0 Å². The molecule has 1 unspecified atom stereocenters. The van der Waals surface area contributed by atoms with Crippen LogP contribution in [0.4, 0.5) is 8.78 Å². The van der Waals surface area contributed by atoms with Crippen LogP contribution >= 0.6 is 11.6 Å². The SMILES string of the molecule is COCCOc1ccc(C2=CCC(Cl)C(=O)N2CC(F)F)c(C)c1. The van der Waals surface area contributed by atoms with Crippen LogP contribution in [0.2, 0.25) is 0 Å². The molecule has 1 aromatic rings. The zero-order valence-corrected chi connectivity index (χ0v) is 14.4. The first kappa shape index (κ1) is 18.7. The molecule has 1 atom stereocenters. The lowest BCUT2D eigenvalue weighted by Crippen LogP contribution is -2.41. The third-order valence-electron chi connectivity index (χ3n) is 3.69. The lowest BCUT2D eigenvalue weighted by atomic mass is 9.99. The van der Waals surface area contributed by atoms with Crippen molar-refractivity contribution < 1.29 is 23.0 Å². The summed E-state index contributed by atoms with van der Waals surface area (Å²) in [4.78, 5) is 13.2. The summed E-state index contributed by atoms with van der Waals surface area (Å²) in [5.74, 6) is 0.168. The molecule has 132 valence electrons. The highest BCUT2D eigenvalue weighted by molar-refractivity contribution is 6.31. The summed E-state index contributed by atoms with van der Waals surface area (Å²) in [6, 6.07) is 5.32. The van der Waals surface area contributed by atoms with Crippen LogP contribution in [-0.4, -0.2) is 49.5 Å². The van der Waals surface area contributed by atoms with Gasteiger partial charge >= 0.3 is 0 Å². The second-order valence-electron chi connectivity index (χ2n) is 5.45. The Morgan fingerprint density at radius 1 is 1.38 bits per heavy atom. The number of benzene rings is 1. The van der Waals surface area contributed by atoms with Crippen molar-refractivity contribution in [3.63, 3.8) is 0 Å². The number of amides is 1. The van der Waals surface area contributed by atoms with Gasteiger partial charge in [-0.25, -0.2) is 8.78 Å². The Balaban J connectivity index is 2.26. The first-order valence-electron chi connectivity index (χ1n) is 7.60. The molecule has 0 saturated carbocycles.